The maximum Gasteiger partial charge on any atom is 0.318 e. The lowest BCUT2D eigenvalue weighted by Gasteiger charge is -2.18. The molecule has 1 heterocycles. The van der Waals surface area contributed by atoms with E-state index in [1.165, 1.54) is 25.1 Å². The molecule has 1 fully saturated rings. The molecule has 0 aromatic heterocycles. The van der Waals surface area contributed by atoms with Crippen LogP contribution in [0.2, 0.25) is 0 Å². The van der Waals surface area contributed by atoms with E-state index in [2.05, 4.69) is 5.32 Å². The van der Waals surface area contributed by atoms with Crippen LogP contribution in [0, 0.1) is 5.82 Å². The van der Waals surface area contributed by atoms with Gasteiger partial charge in [0, 0.05) is 12.7 Å². The van der Waals surface area contributed by atoms with Crippen LogP contribution in [0.3, 0.4) is 0 Å². The van der Waals surface area contributed by atoms with E-state index in [0.29, 0.717) is 24.7 Å². The number of anilines is 1. The number of carbonyl (C=O) groups excluding carboxylic acids is 2. The van der Waals surface area contributed by atoms with Gasteiger partial charge in [0.05, 0.1) is 11.8 Å². The molecular weight excluding hydrogens is 305 g/mol. The van der Waals surface area contributed by atoms with Crippen LogP contribution in [0.5, 0.6) is 5.75 Å². The van der Waals surface area contributed by atoms with Crippen molar-refractivity contribution in [2.24, 2.45) is 5.73 Å². The first-order chi connectivity index (χ1) is 11.0. The maximum atomic E-state index is 13.5. The number of amides is 3. The van der Waals surface area contributed by atoms with E-state index in [1.807, 2.05) is 5.32 Å². The molecular formula is C15H20FN3O4. The van der Waals surface area contributed by atoms with E-state index >= 15 is 0 Å². The molecule has 0 aliphatic carbocycles. The van der Waals surface area contributed by atoms with Crippen molar-refractivity contribution < 1.29 is 23.5 Å². The second-order valence-corrected chi connectivity index (χ2v) is 5.31. The Kier molecular flexibility index (Phi) is 5.75. The molecule has 4 N–H and O–H groups in total. The number of nitrogens with two attached hydrogens (primary N) is 1. The lowest BCUT2D eigenvalue weighted by molar-refractivity contribution is -0.120. The molecule has 0 bridgehead atoms. The minimum absolute atomic E-state index is 0.0171. The highest BCUT2D eigenvalue weighted by atomic mass is 19.1. The molecule has 8 heteroatoms. The first-order valence-corrected chi connectivity index (χ1v) is 7.36. The number of primary amides is 1. The van der Waals surface area contributed by atoms with Gasteiger partial charge in [-0.15, -0.1) is 0 Å². The quantitative estimate of drug-likeness (QED) is 0.733. The van der Waals surface area contributed by atoms with Gasteiger partial charge >= 0.3 is 6.03 Å². The zero-order valence-electron chi connectivity index (χ0n) is 12.8. The van der Waals surface area contributed by atoms with Gasteiger partial charge in [-0.3, -0.25) is 10.1 Å². The van der Waals surface area contributed by atoms with Gasteiger partial charge in [-0.2, -0.15) is 0 Å². The monoisotopic (exact) mass is 325 g/mol. The Morgan fingerprint density at radius 3 is 2.96 bits per heavy atom. The third kappa shape index (κ3) is 5.10. The molecule has 7 nitrogen and oxygen atoms in total. The van der Waals surface area contributed by atoms with Crippen molar-refractivity contribution in [3.63, 3.8) is 0 Å². The lowest BCUT2D eigenvalue weighted by Crippen LogP contribution is -2.43. The third-order valence-corrected chi connectivity index (χ3v) is 3.40. The number of urea groups is 1. The second-order valence-electron chi connectivity index (χ2n) is 5.31. The summed E-state index contributed by atoms with van der Waals surface area (Å²) in [5, 5.41) is 4.76. The predicted octanol–water partition coefficient (Wildman–Crippen LogP) is 1.38. The van der Waals surface area contributed by atoms with Gasteiger partial charge in [0.15, 0.2) is 0 Å². The van der Waals surface area contributed by atoms with E-state index < -0.39 is 23.8 Å². The van der Waals surface area contributed by atoms with Crippen LogP contribution in [0.4, 0.5) is 14.9 Å². The number of hydrogen-bond acceptors (Lipinski definition) is 5. The maximum absolute atomic E-state index is 13.5. The van der Waals surface area contributed by atoms with Gasteiger partial charge < -0.3 is 20.5 Å². The molecule has 0 unspecified atom stereocenters. The standard InChI is InChI=1S/C15H20FN3O4/c1-9(14(20)19-15(17)21)18-12-7-10(16)4-5-13(12)23-8-11-3-2-6-22-11/h4-5,7,9,11,18H,2-3,6,8H2,1H3,(H3,17,19,20,21)/t9-,11+/m1/s1. The van der Waals surface area contributed by atoms with Crippen LogP contribution in [0.1, 0.15) is 19.8 Å². The molecule has 1 aliphatic rings. The molecule has 2 rings (SSSR count). The fourth-order valence-corrected chi connectivity index (χ4v) is 2.23. The Labute approximate surface area is 133 Å². The minimum atomic E-state index is -0.947. The summed E-state index contributed by atoms with van der Waals surface area (Å²) in [5.41, 5.74) is 5.21. The van der Waals surface area contributed by atoms with Crippen molar-refractivity contribution in [3.05, 3.63) is 24.0 Å². The number of benzene rings is 1. The normalized spacial score (nSPS) is 18.3. The highest BCUT2D eigenvalue weighted by molar-refractivity contribution is 5.97. The van der Waals surface area contributed by atoms with Crippen molar-refractivity contribution in [1.29, 1.82) is 0 Å². The second kappa shape index (κ2) is 7.77. The van der Waals surface area contributed by atoms with E-state index in [0.717, 1.165) is 12.8 Å². The van der Waals surface area contributed by atoms with Gasteiger partial charge in [-0.1, -0.05) is 0 Å². The molecule has 0 saturated carbocycles. The van der Waals surface area contributed by atoms with Crippen LogP contribution >= 0.6 is 0 Å². The first-order valence-electron chi connectivity index (χ1n) is 7.36. The number of halogens is 1. The summed E-state index contributed by atoms with van der Waals surface area (Å²) in [6.07, 6.45) is 1.93. The van der Waals surface area contributed by atoms with Crippen molar-refractivity contribution in [1.82, 2.24) is 5.32 Å². The van der Waals surface area contributed by atoms with E-state index in [4.69, 9.17) is 15.2 Å². The van der Waals surface area contributed by atoms with Crippen LogP contribution in [-0.4, -0.2) is 37.3 Å². The highest BCUT2D eigenvalue weighted by Gasteiger charge is 2.19. The largest absolute Gasteiger partial charge is 0.489 e. The van der Waals surface area contributed by atoms with Gasteiger partial charge in [0.2, 0.25) is 5.91 Å². The summed E-state index contributed by atoms with van der Waals surface area (Å²) in [6.45, 7) is 2.59. The smallest absolute Gasteiger partial charge is 0.318 e. The zero-order chi connectivity index (χ0) is 16.8. The molecule has 126 valence electrons. The zero-order valence-corrected chi connectivity index (χ0v) is 12.8. The summed E-state index contributed by atoms with van der Waals surface area (Å²) in [6, 6.07) is 2.22. The predicted molar refractivity (Wildman–Crippen MR) is 81.7 cm³/mol. The molecule has 23 heavy (non-hydrogen) atoms. The summed E-state index contributed by atoms with van der Waals surface area (Å²) in [4.78, 5) is 22.4. The van der Waals surface area contributed by atoms with Crippen LogP contribution in [0.15, 0.2) is 18.2 Å². The van der Waals surface area contributed by atoms with E-state index in [1.54, 1.807) is 0 Å². The summed E-state index contributed by atoms with van der Waals surface area (Å²) >= 11 is 0. The van der Waals surface area contributed by atoms with Crippen molar-refractivity contribution >= 4 is 17.6 Å². The SMILES string of the molecule is C[C@@H](Nc1cc(F)ccc1OC[C@@H]1CCCO1)C(=O)NC(N)=O. The summed E-state index contributed by atoms with van der Waals surface area (Å²) in [5.74, 6) is -0.688. The Morgan fingerprint density at radius 2 is 2.30 bits per heavy atom. The van der Waals surface area contributed by atoms with Crippen LogP contribution < -0.4 is 21.1 Å². The fourth-order valence-electron chi connectivity index (χ4n) is 2.23. The number of nitrogens with one attached hydrogen (secondary N) is 2. The molecule has 0 radical (unpaired) electrons. The summed E-state index contributed by atoms with van der Waals surface area (Å²) in [7, 11) is 0. The molecule has 1 aromatic carbocycles. The molecule has 0 spiro atoms. The van der Waals surface area contributed by atoms with Gasteiger partial charge in [0.1, 0.15) is 24.2 Å². The molecule has 1 aliphatic heterocycles. The average Bonchev–Trinajstić information content (AvgIpc) is 2.99. The Balaban J connectivity index is 2.02. The molecule has 2 atom stereocenters. The van der Waals surface area contributed by atoms with E-state index in [9.17, 15) is 14.0 Å². The number of imide groups is 1. The topological polar surface area (TPSA) is 103 Å². The Morgan fingerprint density at radius 1 is 1.52 bits per heavy atom. The number of ether oxygens (including phenoxy) is 2. The Bertz CT molecular complexity index is 576. The van der Waals surface area contributed by atoms with E-state index in [-0.39, 0.29) is 6.10 Å². The van der Waals surface area contributed by atoms with Gasteiger partial charge in [-0.05, 0) is 31.9 Å². The van der Waals surface area contributed by atoms with Crippen molar-refractivity contribution in [2.45, 2.75) is 31.9 Å². The average molecular weight is 325 g/mol. The highest BCUT2D eigenvalue weighted by Crippen LogP contribution is 2.27. The van der Waals surface area contributed by atoms with Crippen molar-refractivity contribution in [3.8, 4) is 5.75 Å². The molecule has 1 saturated heterocycles. The first kappa shape index (κ1) is 17.0. The summed E-state index contributed by atoms with van der Waals surface area (Å²) < 4.78 is 24.6. The number of rotatable bonds is 6. The minimum Gasteiger partial charge on any atom is -0.489 e. The Hall–Kier alpha value is -2.35. The van der Waals surface area contributed by atoms with Crippen molar-refractivity contribution in [2.75, 3.05) is 18.5 Å². The number of hydrogen-bond donors (Lipinski definition) is 3. The van der Waals surface area contributed by atoms with Gasteiger partial charge in [0.25, 0.3) is 0 Å². The third-order valence-electron chi connectivity index (χ3n) is 3.40. The fraction of sp³-hybridized carbons (Fsp3) is 0.467. The van der Waals surface area contributed by atoms with Crippen LogP contribution in [0.25, 0.3) is 0 Å². The van der Waals surface area contributed by atoms with Gasteiger partial charge in [-0.25, -0.2) is 9.18 Å². The lowest BCUT2D eigenvalue weighted by atomic mass is 10.2. The number of carbonyl (C=O) groups is 2. The van der Waals surface area contributed by atoms with Crippen LogP contribution in [-0.2, 0) is 9.53 Å². The molecule has 1 aromatic rings. The molecule has 3 amide bonds.